The van der Waals surface area contributed by atoms with E-state index in [4.69, 9.17) is 9.47 Å². The number of aromatic amines is 1. The summed E-state index contributed by atoms with van der Waals surface area (Å²) >= 11 is 0. The van der Waals surface area contributed by atoms with E-state index in [1.54, 1.807) is 54.6 Å². The molecule has 12 heteroatoms. The number of nitrogens with zero attached hydrogens (tertiary/aromatic N) is 3. The summed E-state index contributed by atoms with van der Waals surface area (Å²) in [6.45, 7) is 0.975. The van der Waals surface area contributed by atoms with Gasteiger partial charge in [-0.3, -0.25) is 9.52 Å². The summed E-state index contributed by atoms with van der Waals surface area (Å²) in [6, 6.07) is 17.6. The number of fused-ring (bicyclic) bond motifs is 1. The lowest BCUT2D eigenvalue weighted by molar-refractivity contribution is 0.102. The van der Waals surface area contributed by atoms with Gasteiger partial charge >= 0.3 is 0 Å². The van der Waals surface area contributed by atoms with Crippen molar-refractivity contribution in [2.45, 2.75) is 11.3 Å². The zero-order valence-corrected chi connectivity index (χ0v) is 19.1. The molecule has 3 aromatic carbocycles. The maximum Gasteiger partial charge on any atom is 0.262 e. The molecule has 5 rings (SSSR count). The second-order valence-corrected chi connectivity index (χ2v) is 9.29. The highest BCUT2D eigenvalue weighted by atomic mass is 32.2. The maximum atomic E-state index is 12.9. The molecule has 1 amide bonds. The van der Waals surface area contributed by atoms with E-state index in [0.29, 0.717) is 53.0 Å². The molecule has 0 fully saturated rings. The smallest absolute Gasteiger partial charge is 0.262 e. The largest absolute Gasteiger partial charge is 0.490 e. The summed E-state index contributed by atoms with van der Waals surface area (Å²) < 4.78 is 39.4. The number of sulfonamides is 1. The Hall–Kier alpha value is -4.45. The average molecular weight is 493 g/mol. The lowest BCUT2D eigenvalue weighted by Crippen LogP contribution is -2.14. The van der Waals surface area contributed by atoms with Crippen LogP contribution in [0, 0.1) is 0 Å². The number of aromatic nitrogens is 4. The topological polar surface area (TPSA) is 148 Å². The van der Waals surface area contributed by atoms with Crippen LogP contribution in [-0.4, -0.2) is 48.2 Å². The van der Waals surface area contributed by atoms with Gasteiger partial charge in [-0.1, -0.05) is 12.1 Å². The summed E-state index contributed by atoms with van der Waals surface area (Å²) in [5.74, 6) is 0.955. The molecule has 1 aliphatic rings. The van der Waals surface area contributed by atoms with Gasteiger partial charge in [0.25, 0.3) is 15.9 Å². The molecule has 0 bridgehead atoms. The van der Waals surface area contributed by atoms with E-state index in [0.717, 1.165) is 6.42 Å². The van der Waals surface area contributed by atoms with Gasteiger partial charge in [-0.2, -0.15) is 5.21 Å². The third kappa shape index (κ3) is 5.06. The van der Waals surface area contributed by atoms with Gasteiger partial charge in [-0.25, -0.2) is 8.42 Å². The molecule has 0 spiro atoms. The Kier molecular flexibility index (Phi) is 6.02. The fourth-order valence-electron chi connectivity index (χ4n) is 3.43. The molecule has 11 nitrogen and oxygen atoms in total. The van der Waals surface area contributed by atoms with Crippen molar-refractivity contribution in [1.29, 1.82) is 0 Å². The number of carbonyl (C=O) groups excluding carboxylic acids is 1. The van der Waals surface area contributed by atoms with Gasteiger partial charge in [0.1, 0.15) is 0 Å². The Morgan fingerprint density at radius 3 is 2.46 bits per heavy atom. The van der Waals surface area contributed by atoms with Crippen molar-refractivity contribution in [3.63, 3.8) is 0 Å². The number of anilines is 2. The van der Waals surface area contributed by atoms with Crippen molar-refractivity contribution in [3.8, 4) is 22.9 Å². The second kappa shape index (κ2) is 9.43. The minimum absolute atomic E-state index is 0.0561. The Labute approximate surface area is 200 Å². The number of amides is 1. The van der Waals surface area contributed by atoms with Crippen LogP contribution in [0.25, 0.3) is 11.4 Å². The van der Waals surface area contributed by atoms with E-state index in [1.165, 1.54) is 12.1 Å². The monoisotopic (exact) mass is 492 g/mol. The van der Waals surface area contributed by atoms with E-state index in [-0.39, 0.29) is 10.8 Å². The Morgan fingerprint density at radius 2 is 1.69 bits per heavy atom. The van der Waals surface area contributed by atoms with Gasteiger partial charge in [0.2, 0.25) is 5.82 Å². The van der Waals surface area contributed by atoms with Crippen LogP contribution >= 0.6 is 0 Å². The van der Waals surface area contributed by atoms with Crippen molar-refractivity contribution >= 4 is 27.3 Å². The van der Waals surface area contributed by atoms with E-state index < -0.39 is 10.0 Å². The molecule has 0 atom stereocenters. The average Bonchev–Trinajstić information content (AvgIpc) is 3.30. The van der Waals surface area contributed by atoms with Crippen molar-refractivity contribution in [2.75, 3.05) is 23.3 Å². The van der Waals surface area contributed by atoms with Gasteiger partial charge in [-0.15, -0.1) is 10.2 Å². The number of rotatable bonds is 6. The van der Waals surface area contributed by atoms with Crippen LogP contribution in [0.4, 0.5) is 11.4 Å². The minimum Gasteiger partial charge on any atom is -0.490 e. The SMILES string of the molecule is O=C(Nc1ccc(NS(=O)(=O)c2ccc3c(c2)OCCCO3)cc1)c1cccc(-c2nn[nH]n2)c1. The molecular weight excluding hydrogens is 472 g/mol. The molecule has 4 aromatic rings. The first-order chi connectivity index (χ1) is 17.0. The fourth-order valence-corrected chi connectivity index (χ4v) is 4.51. The van der Waals surface area contributed by atoms with E-state index in [1.807, 2.05) is 0 Å². The molecule has 0 saturated carbocycles. The highest BCUT2D eigenvalue weighted by Crippen LogP contribution is 2.32. The first kappa shape index (κ1) is 22.3. The predicted octanol–water partition coefficient (Wildman–Crippen LogP) is 3.08. The molecule has 0 radical (unpaired) electrons. The van der Waals surface area contributed by atoms with Crippen molar-refractivity contribution in [3.05, 3.63) is 72.3 Å². The molecule has 35 heavy (non-hydrogen) atoms. The van der Waals surface area contributed by atoms with Gasteiger partial charge in [0, 0.05) is 35.0 Å². The predicted molar refractivity (Wildman–Crippen MR) is 127 cm³/mol. The highest BCUT2D eigenvalue weighted by Gasteiger charge is 2.19. The maximum absolute atomic E-state index is 12.9. The minimum atomic E-state index is -3.86. The molecule has 0 aliphatic carbocycles. The van der Waals surface area contributed by atoms with E-state index in [9.17, 15) is 13.2 Å². The number of benzene rings is 3. The fraction of sp³-hybridized carbons (Fsp3) is 0.130. The van der Waals surface area contributed by atoms with Gasteiger partial charge < -0.3 is 14.8 Å². The number of carbonyl (C=O) groups is 1. The molecular formula is C23H20N6O5S. The number of H-pyrrole nitrogens is 1. The number of nitrogens with one attached hydrogen (secondary N) is 3. The van der Waals surface area contributed by atoms with E-state index >= 15 is 0 Å². The second-order valence-electron chi connectivity index (χ2n) is 7.61. The molecule has 178 valence electrons. The van der Waals surface area contributed by atoms with Gasteiger partial charge in [0.05, 0.1) is 18.1 Å². The number of hydrogen-bond acceptors (Lipinski definition) is 8. The highest BCUT2D eigenvalue weighted by molar-refractivity contribution is 7.92. The zero-order valence-electron chi connectivity index (χ0n) is 18.3. The van der Waals surface area contributed by atoms with Crippen LogP contribution in [0.15, 0.2) is 71.6 Å². The third-order valence-corrected chi connectivity index (χ3v) is 6.53. The summed E-state index contributed by atoms with van der Waals surface area (Å²) in [5.41, 5.74) is 1.89. The lowest BCUT2D eigenvalue weighted by atomic mass is 10.1. The molecule has 0 saturated heterocycles. The number of hydrogen-bond donors (Lipinski definition) is 3. The molecule has 0 unspecified atom stereocenters. The van der Waals surface area contributed by atoms with Crippen molar-refractivity contribution in [1.82, 2.24) is 20.6 Å². The molecule has 3 N–H and O–H groups in total. The first-order valence-electron chi connectivity index (χ1n) is 10.7. The number of tetrazole rings is 1. The van der Waals surface area contributed by atoms with Crippen LogP contribution in [0.5, 0.6) is 11.5 Å². The van der Waals surface area contributed by atoms with Gasteiger partial charge in [-0.05, 0) is 53.7 Å². The van der Waals surface area contributed by atoms with Crippen LogP contribution in [0.2, 0.25) is 0 Å². The lowest BCUT2D eigenvalue weighted by Gasteiger charge is -2.12. The van der Waals surface area contributed by atoms with E-state index in [2.05, 4.69) is 30.7 Å². The standard InChI is InChI=1S/C23H20N6O5S/c30-23(16-4-1-3-15(13-16)22-25-28-29-26-22)24-17-5-7-18(8-6-17)27-35(31,32)19-9-10-20-21(14-19)34-12-2-11-33-20/h1,3-10,13-14,27H,2,11-12H2,(H,24,30)(H,25,26,28,29). The normalized spacial score (nSPS) is 13.0. The Balaban J connectivity index is 1.27. The quantitative estimate of drug-likeness (QED) is 0.372. The Bertz CT molecular complexity index is 1460. The zero-order chi connectivity index (χ0) is 24.3. The Morgan fingerprint density at radius 1 is 0.914 bits per heavy atom. The third-order valence-electron chi connectivity index (χ3n) is 5.15. The molecule has 1 aromatic heterocycles. The van der Waals surface area contributed by atoms with Crippen LogP contribution in [0.1, 0.15) is 16.8 Å². The van der Waals surface area contributed by atoms with Crippen LogP contribution in [0.3, 0.4) is 0 Å². The summed E-state index contributed by atoms with van der Waals surface area (Å²) in [4.78, 5) is 12.7. The van der Waals surface area contributed by atoms with Crippen molar-refractivity contribution in [2.24, 2.45) is 0 Å². The molecule has 1 aliphatic heterocycles. The first-order valence-corrected chi connectivity index (χ1v) is 12.1. The van der Waals surface area contributed by atoms with Crippen LogP contribution < -0.4 is 19.5 Å². The van der Waals surface area contributed by atoms with Crippen LogP contribution in [-0.2, 0) is 10.0 Å². The summed E-state index contributed by atoms with van der Waals surface area (Å²) in [7, 11) is -3.86. The summed E-state index contributed by atoms with van der Waals surface area (Å²) in [6.07, 6.45) is 0.724. The summed E-state index contributed by atoms with van der Waals surface area (Å²) in [5, 5.41) is 16.5. The molecule has 2 heterocycles. The van der Waals surface area contributed by atoms with Crippen molar-refractivity contribution < 1.29 is 22.7 Å². The number of ether oxygens (including phenoxy) is 2. The van der Waals surface area contributed by atoms with Gasteiger partial charge in [0.15, 0.2) is 11.5 Å².